The lowest BCUT2D eigenvalue weighted by Gasteiger charge is -2.23. The Morgan fingerprint density at radius 1 is 1.14 bits per heavy atom. The van der Waals surface area contributed by atoms with E-state index < -0.39 is 0 Å². The van der Waals surface area contributed by atoms with Crippen molar-refractivity contribution in [2.45, 2.75) is 20.8 Å². The van der Waals surface area contributed by atoms with E-state index in [4.69, 9.17) is 1.41 Å². The highest BCUT2D eigenvalue weighted by molar-refractivity contribution is 5.83. The molecule has 3 aromatic rings. The molecule has 0 aliphatic carbocycles. The van der Waals surface area contributed by atoms with Gasteiger partial charge in [-0.2, -0.15) is 0 Å². The fraction of sp³-hybridized carbons (Fsp3) is 0.222. The summed E-state index contributed by atoms with van der Waals surface area (Å²) in [5.74, 6) is 0. The first-order chi connectivity index (χ1) is 11.2. The van der Waals surface area contributed by atoms with Crippen LogP contribution >= 0.6 is 0 Å². The summed E-state index contributed by atoms with van der Waals surface area (Å²) in [6.45, 7) is 6.84. The van der Waals surface area contributed by atoms with Crippen molar-refractivity contribution >= 4 is 22.3 Å². The van der Waals surface area contributed by atoms with E-state index in [1.54, 1.807) is 6.07 Å². The second-order valence-corrected chi connectivity index (χ2v) is 4.46. The SMILES string of the molecule is CC.[2H]n1cnc2ccc(N(CC)c3ccccc3)cc2c1=O. The summed E-state index contributed by atoms with van der Waals surface area (Å²) in [6.07, 6.45) is 1.22. The summed E-state index contributed by atoms with van der Waals surface area (Å²) in [4.78, 5) is 19.0. The number of nitrogens with zero attached hydrogens (tertiary/aromatic N) is 2. The van der Waals surface area contributed by atoms with Gasteiger partial charge < -0.3 is 9.88 Å². The third-order valence-electron chi connectivity index (χ3n) is 3.28. The zero-order valence-electron chi connectivity index (χ0n) is 14.2. The fourth-order valence-electron chi connectivity index (χ4n) is 2.31. The van der Waals surface area contributed by atoms with E-state index in [-0.39, 0.29) is 5.56 Å². The molecule has 114 valence electrons. The third-order valence-corrected chi connectivity index (χ3v) is 3.28. The van der Waals surface area contributed by atoms with Gasteiger partial charge in [-0.25, -0.2) is 4.98 Å². The summed E-state index contributed by atoms with van der Waals surface area (Å²) in [5.41, 5.74) is 2.23. The lowest BCUT2D eigenvalue weighted by atomic mass is 10.2. The first-order valence-corrected chi connectivity index (χ1v) is 7.54. The number of hydrogen-bond donors (Lipinski definition) is 1. The first-order valence-electron chi connectivity index (χ1n) is 7.98. The number of nitrogens with one attached hydrogen (secondary N) is 1. The predicted octanol–water partition coefficient (Wildman–Crippen LogP) is 4.11. The Morgan fingerprint density at radius 3 is 2.55 bits per heavy atom. The second kappa shape index (κ2) is 7.41. The Hall–Kier alpha value is -2.62. The van der Waals surface area contributed by atoms with Crippen LogP contribution in [0.5, 0.6) is 0 Å². The van der Waals surface area contributed by atoms with Crippen LogP contribution in [0.25, 0.3) is 10.9 Å². The average Bonchev–Trinajstić information content (AvgIpc) is 2.62. The molecule has 0 amide bonds. The molecule has 0 unspecified atom stereocenters. The zero-order chi connectivity index (χ0) is 16.8. The Labute approximate surface area is 131 Å². The summed E-state index contributed by atoms with van der Waals surface area (Å²) < 4.78 is 7.52. The monoisotopic (exact) mass is 296 g/mol. The molecule has 1 heterocycles. The normalized spacial score (nSPS) is 10.6. The maximum absolute atomic E-state index is 12.0. The van der Waals surface area contributed by atoms with Gasteiger partial charge in [0.05, 0.1) is 17.2 Å². The van der Waals surface area contributed by atoms with Crippen molar-refractivity contribution in [1.82, 2.24) is 9.96 Å². The van der Waals surface area contributed by atoms with Crippen LogP contribution < -0.4 is 10.5 Å². The topological polar surface area (TPSA) is 49.0 Å². The Bertz CT molecular complexity index is 831. The van der Waals surface area contributed by atoms with Crippen molar-refractivity contribution in [2.75, 3.05) is 11.4 Å². The minimum absolute atomic E-state index is 0.356. The van der Waals surface area contributed by atoms with Gasteiger partial charge in [0.2, 0.25) is 0 Å². The molecule has 0 saturated carbocycles. The van der Waals surface area contributed by atoms with Gasteiger partial charge in [-0.3, -0.25) is 4.79 Å². The number of fused-ring (bicyclic) bond motifs is 1. The number of rotatable bonds is 3. The molecule has 2 aromatic carbocycles. The van der Waals surface area contributed by atoms with Gasteiger partial charge in [0.15, 0.2) is 1.41 Å². The number of aromatic nitrogens is 2. The van der Waals surface area contributed by atoms with Crippen molar-refractivity contribution in [2.24, 2.45) is 0 Å². The average molecular weight is 296 g/mol. The minimum Gasteiger partial charge on any atom is -0.342 e. The number of para-hydroxylation sites is 1. The van der Waals surface area contributed by atoms with E-state index in [0.29, 0.717) is 10.9 Å². The Morgan fingerprint density at radius 2 is 1.86 bits per heavy atom. The number of H-pyrrole nitrogens is 1. The predicted molar refractivity (Wildman–Crippen MR) is 92.8 cm³/mol. The minimum atomic E-state index is -0.356. The largest absolute Gasteiger partial charge is 0.342 e. The van der Waals surface area contributed by atoms with Crippen LogP contribution in [0.3, 0.4) is 0 Å². The standard InChI is InChI=1S/C16H15N3O.C2H6/c1-2-19(12-6-4-3-5-7-12)13-8-9-15-14(10-13)16(20)18-11-17-15;1-2/h3-11H,2H2,1H3,(H,17,18,20);1-2H3/i/hD. The second-order valence-electron chi connectivity index (χ2n) is 4.46. The molecule has 0 fully saturated rings. The summed E-state index contributed by atoms with van der Waals surface area (Å²) in [6, 6.07) is 15.6. The van der Waals surface area contributed by atoms with Crippen molar-refractivity contribution in [1.29, 1.82) is 0 Å². The molecular formula is C18H21N3O. The van der Waals surface area contributed by atoms with Gasteiger partial charge in [-0.15, -0.1) is 0 Å². The zero-order valence-corrected chi connectivity index (χ0v) is 13.2. The van der Waals surface area contributed by atoms with Crippen molar-refractivity contribution in [3.8, 4) is 0 Å². The van der Waals surface area contributed by atoms with E-state index in [1.807, 2.05) is 56.3 Å². The van der Waals surface area contributed by atoms with E-state index in [0.717, 1.165) is 22.9 Å². The van der Waals surface area contributed by atoms with Crippen LogP contribution in [-0.4, -0.2) is 16.5 Å². The number of benzene rings is 2. The molecule has 0 bridgehead atoms. The van der Waals surface area contributed by atoms with Gasteiger partial charge in [0.1, 0.15) is 0 Å². The summed E-state index contributed by atoms with van der Waals surface area (Å²) >= 11 is 0. The van der Waals surface area contributed by atoms with Crippen LogP contribution in [-0.2, 0) is 0 Å². The van der Waals surface area contributed by atoms with E-state index in [2.05, 4.69) is 16.8 Å². The van der Waals surface area contributed by atoms with Crippen molar-refractivity contribution < 1.29 is 1.41 Å². The third kappa shape index (κ3) is 3.17. The lowest BCUT2D eigenvalue weighted by molar-refractivity contribution is 1.02. The highest BCUT2D eigenvalue weighted by Crippen LogP contribution is 2.26. The molecule has 0 spiro atoms. The first kappa shape index (κ1) is 14.3. The van der Waals surface area contributed by atoms with Gasteiger partial charge in [0.25, 0.3) is 5.56 Å². The molecule has 0 radical (unpaired) electrons. The summed E-state index contributed by atoms with van der Waals surface area (Å²) in [7, 11) is 0. The Balaban J connectivity index is 0.000000924. The quantitative estimate of drug-likeness (QED) is 0.791. The molecule has 0 aliphatic rings. The summed E-state index contributed by atoms with van der Waals surface area (Å²) in [5, 5.41) is 0.458. The van der Waals surface area contributed by atoms with E-state index in [9.17, 15) is 4.79 Å². The molecule has 0 aliphatic heterocycles. The molecule has 4 heteroatoms. The molecule has 22 heavy (non-hydrogen) atoms. The van der Waals surface area contributed by atoms with Crippen LogP contribution in [0.2, 0.25) is 1.41 Å². The van der Waals surface area contributed by atoms with Crippen LogP contribution in [0.4, 0.5) is 11.4 Å². The van der Waals surface area contributed by atoms with Crippen LogP contribution in [0, 0.1) is 0 Å². The maximum atomic E-state index is 12.0. The molecule has 0 saturated heterocycles. The van der Waals surface area contributed by atoms with Crippen molar-refractivity contribution in [3.05, 3.63) is 65.2 Å². The van der Waals surface area contributed by atoms with Crippen LogP contribution in [0.15, 0.2) is 59.7 Å². The highest BCUT2D eigenvalue weighted by Gasteiger charge is 2.08. The lowest BCUT2D eigenvalue weighted by Crippen LogP contribution is -2.16. The van der Waals surface area contributed by atoms with Gasteiger partial charge in [-0.05, 0) is 37.3 Å². The van der Waals surface area contributed by atoms with Gasteiger partial charge in [-0.1, -0.05) is 32.0 Å². The molecule has 4 nitrogen and oxygen atoms in total. The number of aromatic amines is 1. The number of hydrogen-bond acceptors (Lipinski definition) is 3. The molecular weight excluding hydrogens is 274 g/mol. The molecule has 1 N–H and O–H groups in total. The van der Waals surface area contributed by atoms with E-state index in [1.165, 1.54) is 6.33 Å². The van der Waals surface area contributed by atoms with Crippen LogP contribution in [0.1, 0.15) is 20.8 Å². The van der Waals surface area contributed by atoms with Crippen molar-refractivity contribution in [3.63, 3.8) is 0 Å². The number of anilines is 2. The maximum Gasteiger partial charge on any atom is 0.258 e. The molecule has 1 aromatic heterocycles. The van der Waals surface area contributed by atoms with E-state index >= 15 is 0 Å². The smallest absolute Gasteiger partial charge is 0.258 e. The fourth-order valence-corrected chi connectivity index (χ4v) is 2.31. The molecule has 3 rings (SSSR count). The highest BCUT2D eigenvalue weighted by atomic mass is 16.1. The Kier molecular flexibility index (Phi) is 4.82. The van der Waals surface area contributed by atoms with Gasteiger partial charge in [0, 0.05) is 17.9 Å². The molecule has 0 atom stereocenters. The van der Waals surface area contributed by atoms with Gasteiger partial charge >= 0.3 is 0 Å².